The molecule has 2 aliphatic carbocycles. The van der Waals surface area contributed by atoms with Crippen molar-refractivity contribution in [1.82, 2.24) is 0 Å². The molecule has 0 bridgehead atoms. The van der Waals surface area contributed by atoms with Crippen LogP contribution in [0.5, 0.6) is 11.5 Å². The van der Waals surface area contributed by atoms with Gasteiger partial charge in [-0.1, -0.05) is 38.2 Å². The molecule has 164 valence electrons. The molecular formula is C28H40O2. The van der Waals surface area contributed by atoms with Gasteiger partial charge in [0.1, 0.15) is 11.5 Å². The van der Waals surface area contributed by atoms with Crippen LogP contribution < -0.4 is 9.47 Å². The maximum Gasteiger partial charge on any atom is 0.119 e. The predicted octanol–water partition coefficient (Wildman–Crippen LogP) is 7.44. The highest BCUT2D eigenvalue weighted by Gasteiger charge is 2.20. The lowest BCUT2D eigenvalue weighted by Crippen LogP contribution is -2.19. The van der Waals surface area contributed by atoms with Gasteiger partial charge in [0, 0.05) is 5.92 Å². The summed E-state index contributed by atoms with van der Waals surface area (Å²) in [4.78, 5) is 0. The quantitative estimate of drug-likeness (QED) is 0.416. The highest BCUT2D eigenvalue weighted by molar-refractivity contribution is 5.31. The minimum Gasteiger partial charge on any atom is -0.494 e. The average molecular weight is 409 g/mol. The molecule has 0 radical (unpaired) electrons. The lowest BCUT2D eigenvalue weighted by molar-refractivity contribution is 0.196. The van der Waals surface area contributed by atoms with Gasteiger partial charge in [-0.2, -0.15) is 0 Å². The van der Waals surface area contributed by atoms with Crippen molar-refractivity contribution in [3.8, 4) is 23.3 Å². The van der Waals surface area contributed by atoms with Crippen LogP contribution in [-0.4, -0.2) is 13.2 Å². The predicted molar refractivity (Wildman–Crippen MR) is 126 cm³/mol. The van der Waals surface area contributed by atoms with Crippen LogP contribution in [0, 0.1) is 35.5 Å². The molecule has 0 saturated heterocycles. The molecule has 1 aromatic carbocycles. The third-order valence-corrected chi connectivity index (χ3v) is 6.84. The first kappa shape index (κ1) is 22.8. The van der Waals surface area contributed by atoms with Gasteiger partial charge in [-0.05, 0) is 106 Å². The van der Waals surface area contributed by atoms with Gasteiger partial charge in [-0.15, -0.1) is 0 Å². The second kappa shape index (κ2) is 12.7. The van der Waals surface area contributed by atoms with Crippen LogP contribution in [0.1, 0.15) is 78.1 Å². The number of hydrogen-bond donors (Lipinski definition) is 0. The van der Waals surface area contributed by atoms with Crippen molar-refractivity contribution in [2.45, 2.75) is 78.1 Å². The number of rotatable bonds is 8. The molecule has 2 saturated carbocycles. The minimum atomic E-state index is 0.566. The molecule has 0 aromatic heterocycles. The highest BCUT2D eigenvalue weighted by atomic mass is 16.5. The van der Waals surface area contributed by atoms with Gasteiger partial charge in [0.05, 0.1) is 13.2 Å². The Morgan fingerprint density at radius 3 is 2.10 bits per heavy atom. The Morgan fingerprint density at radius 2 is 1.47 bits per heavy atom. The zero-order chi connectivity index (χ0) is 21.0. The fourth-order valence-electron chi connectivity index (χ4n) is 4.68. The minimum absolute atomic E-state index is 0.566. The Labute approximate surface area is 184 Å². The average Bonchev–Trinajstić information content (AvgIpc) is 2.81. The van der Waals surface area contributed by atoms with E-state index < -0.39 is 0 Å². The van der Waals surface area contributed by atoms with Crippen LogP contribution in [0.3, 0.4) is 0 Å². The Bertz CT molecular complexity index is 678. The number of benzene rings is 1. The Balaban J connectivity index is 1.31. The Hall–Kier alpha value is -1.88. The van der Waals surface area contributed by atoms with E-state index in [1.807, 2.05) is 24.3 Å². The first-order chi connectivity index (χ1) is 14.8. The van der Waals surface area contributed by atoms with E-state index in [2.05, 4.69) is 37.8 Å². The summed E-state index contributed by atoms with van der Waals surface area (Å²) in [6.07, 6.45) is 17.3. The molecule has 1 aromatic rings. The van der Waals surface area contributed by atoms with Gasteiger partial charge in [0.25, 0.3) is 0 Å². The SMILES string of the molecule is CCCOc1ccc(OCC2CCC(C#C/C=C/C3CCC(CC)CC3)CC2)cc1. The smallest absolute Gasteiger partial charge is 0.119 e. The highest BCUT2D eigenvalue weighted by Crippen LogP contribution is 2.31. The van der Waals surface area contributed by atoms with E-state index in [0.29, 0.717) is 11.8 Å². The van der Waals surface area contributed by atoms with E-state index in [1.54, 1.807) is 0 Å². The summed E-state index contributed by atoms with van der Waals surface area (Å²) >= 11 is 0. The van der Waals surface area contributed by atoms with Crippen molar-refractivity contribution in [2.75, 3.05) is 13.2 Å². The first-order valence-electron chi connectivity index (χ1n) is 12.3. The van der Waals surface area contributed by atoms with Gasteiger partial charge in [-0.25, -0.2) is 0 Å². The topological polar surface area (TPSA) is 18.5 Å². The summed E-state index contributed by atoms with van der Waals surface area (Å²) in [5.74, 6) is 11.7. The second-order valence-electron chi connectivity index (χ2n) is 9.19. The van der Waals surface area contributed by atoms with E-state index in [9.17, 15) is 0 Å². The molecule has 2 aliphatic rings. The standard InChI is InChI=1S/C28H40O2/c1-3-21-29-27-17-19-28(20-18-27)30-22-26-15-13-25(14-16-26)8-6-5-7-24-11-9-23(4-2)10-12-24/h5,7,17-20,23-26H,3-4,9-16,21-22H2,1-2H3/b7-5+. The summed E-state index contributed by atoms with van der Waals surface area (Å²) in [6, 6.07) is 8.03. The van der Waals surface area contributed by atoms with E-state index in [4.69, 9.17) is 9.47 Å². The number of ether oxygens (including phenoxy) is 2. The zero-order valence-electron chi connectivity index (χ0n) is 19.1. The van der Waals surface area contributed by atoms with E-state index >= 15 is 0 Å². The van der Waals surface area contributed by atoms with Crippen molar-refractivity contribution in [3.05, 3.63) is 36.4 Å². The van der Waals surface area contributed by atoms with E-state index in [-0.39, 0.29) is 0 Å². The van der Waals surface area contributed by atoms with Crippen LogP contribution in [0.25, 0.3) is 0 Å². The zero-order valence-corrected chi connectivity index (χ0v) is 19.1. The van der Waals surface area contributed by atoms with Gasteiger partial charge >= 0.3 is 0 Å². The summed E-state index contributed by atoms with van der Waals surface area (Å²) < 4.78 is 11.6. The van der Waals surface area contributed by atoms with Crippen molar-refractivity contribution in [2.24, 2.45) is 23.7 Å². The molecular weight excluding hydrogens is 368 g/mol. The first-order valence-corrected chi connectivity index (χ1v) is 12.3. The van der Waals surface area contributed by atoms with Crippen LogP contribution in [0.2, 0.25) is 0 Å². The Kier molecular flexibility index (Phi) is 9.68. The lowest BCUT2D eigenvalue weighted by atomic mass is 9.81. The second-order valence-corrected chi connectivity index (χ2v) is 9.19. The fourth-order valence-corrected chi connectivity index (χ4v) is 4.68. The fraction of sp³-hybridized carbons (Fsp3) is 0.643. The van der Waals surface area contributed by atoms with Crippen LogP contribution in [0.4, 0.5) is 0 Å². The van der Waals surface area contributed by atoms with Gasteiger partial charge in [0.15, 0.2) is 0 Å². The number of hydrogen-bond acceptors (Lipinski definition) is 2. The monoisotopic (exact) mass is 408 g/mol. The van der Waals surface area contributed by atoms with Crippen LogP contribution >= 0.6 is 0 Å². The molecule has 0 aliphatic heterocycles. The van der Waals surface area contributed by atoms with Gasteiger partial charge in [-0.3, -0.25) is 0 Å². The maximum atomic E-state index is 6.02. The van der Waals surface area contributed by atoms with E-state index in [0.717, 1.165) is 43.0 Å². The molecule has 0 spiro atoms. The molecule has 0 atom stereocenters. The summed E-state index contributed by atoms with van der Waals surface area (Å²) in [5, 5.41) is 0. The lowest BCUT2D eigenvalue weighted by Gasteiger charge is -2.25. The largest absolute Gasteiger partial charge is 0.494 e. The van der Waals surface area contributed by atoms with Crippen molar-refractivity contribution >= 4 is 0 Å². The molecule has 2 heteroatoms. The van der Waals surface area contributed by atoms with Crippen LogP contribution in [0.15, 0.2) is 36.4 Å². The normalized spacial score (nSPS) is 26.7. The third kappa shape index (κ3) is 7.75. The molecule has 0 amide bonds. The van der Waals surface area contributed by atoms with Crippen molar-refractivity contribution in [1.29, 1.82) is 0 Å². The van der Waals surface area contributed by atoms with Crippen molar-refractivity contribution in [3.63, 3.8) is 0 Å². The molecule has 3 rings (SSSR count). The molecule has 0 N–H and O–H groups in total. The molecule has 0 heterocycles. The summed E-state index contributed by atoms with van der Waals surface area (Å²) in [5.41, 5.74) is 0. The van der Waals surface area contributed by atoms with E-state index in [1.165, 1.54) is 57.8 Å². The number of allylic oxidation sites excluding steroid dienone is 2. The maximum absolute atomic E-state index is 6.02. The van der Waals surface area contributed by atoms with Crippen molar-refractivity contribution < 1.29 is 9.47 Å². The molecule has 2 fully saturated rings. The molecule has 0 unspecified atom stereocenters. The molecule has 30 heavy (non-hydrogen) atoms. The summed E-state index contributed by atoms with van der Waals surface area (Å²) in [7, 11) is 0. The third-order valence-electron chi connectivity index (χ3n) is 6.84. The Morgan fingerprint density at radius 1 is 0.833 bits per heavy atom. The molecule has 2 nitrogen and oxygen atoms in total. The summed E-state index contributed by atoms with van der Waals surface area (Å²) in [6.45, 7) is 6.03. The van der Waals surface area contributed by atoms with Gasteiger partial charge < -0.3 is 9.47 Å². The van der Waals surface area contributed by atoms with Gasteiger partial charge in [0.2, 0.25) is 0 Å². The van der Waals surface area contributed by atoms with Crippen LogP contribution in [-0.2, 0) is 0 Å².